The van der Waals surface area contributed by atoms with Crippen LogP contribution in [0, 0.1) is 0 Å². The van der Waals surface area contributed by atoms with Crippen molar-refractivity contribution in [2.75, 3.05) is 25.7 Å². The molecule has 0 unspecified atom stereocenters. The van der Waals surface area contributed by atoms with E-state index in [0.717, 1.165) is 34.5 Å². The molecular weight excluding hydrogens is 336 g/mol. The van der Waals surface area contributed by atoms with Gasteiger partial charge in [-0.15, -0.1) is 0 Å². The number of benzene rings is 1. The number of rotatable bonds is 4. The number of ether oxygens (including phenoxy) is 2. The van der Waals surface area contributed by atoms with Crippen molar-refractivity contribution < 1.29 is 14.3 Å². The highest BCUT2D eigenvalue weighted by molar-refractivity contribution is 5.94. The first kappa shape index (κ1) is 16.1. The van der Waals surface area contributed by atoms with Gasteiger partial charge in [0.05, 0.1) is 19.7 Å². The molecule has 1 amide bonds. The summed E-state index contributed by atoms with van der Waals surface area (Å²) in [5.74, 6) is 1.44. The smallest absolute Gasteiger partial charge is 0.269 e. The zero-order chi connectivity index (χ0) is 18.3. The van der Waals surface area contributed by atoms with Gasteiger partial charge in [-0.1, -0.05) is 0 Å². The minimum absolute atomic E-state index is 0.280. The monoisotopic (exact) mass is 354 g/mol. The van der Waals surface area contributed by atoms with E-state index >= 15 is 0 Å². The van der Waals surface area contributed by atoms with Crippen LogP contribution in [-0.4, -0.2) is 46.8 Å². The van der Waals surface area contributed by atoms with Crippen molar-refractivity contribution in [3.05, 3.63) is 35.4 Å². The van der Waals surface area contributed by atoms with Crippen LogP contribution in [0.4, 0.5) is 5.82 Å². The van der Waals surface area contributed by atoms with Crippen LogP contribution in [0.15, 0.2) is 18.5 Å². The summed E-state index contributed by atoms with van der Waals surface area (Å²) >= 11 is 0. The van der Waals surface area contributed by atoms with Crippen molar-refractivity contribution in [1.82, 2.24) is 20.2 Å². The third-order valence-corrected chi connectivity index (χ3v) is 4.59. The lowest BCUT2D eigenvalue weighted by Crippen LogP contribution is -2.32. The maximum Gasteiger partial charge on any atom is 0.269 e. The van der Waals surface area contributed by atoms with Crippen molar-refractivity contribution >= 4 is 22.6 Å². The predicted octanol–water partition coefficient (Wildman–Crippen LogP) is 1.03. The Bertz CT molecular complexity index is 1000. The number of carbonyl (C=O) groups excluding carboxylic acids is 1. The van der Waals surface area contributed by atoms with Crippen molar-refractivity contribution in [3.63, 3.8) is 0 Å². The van der Waals surface area contributed by atoms with Gasteiger partial charge >= 0.3 is 0 Å². The molecule has 0 fully saturated rings. The summed E-state index contributed by atoms with van der Waals surface area (Å²) in [6, 6.07) is 3.69. The van der Waals surface area contributed by atoms with Gasteiger partial charge in [0, 0.05) is 42.2 Å². The molecule has 0 saturated carbocycles. The molecule has 0 radical (unpaired) electrons. The Kier molecular flexibility index (Phi) is 3.83. The van der Waals surface area contributed by atoms with Crippen LogP contribution in [0.2, 0.25) is 0 Å². The molecule has 1 aliphatic heterocycles. The second-order valence-corrected chi connectivity index (χ2v) is 5.99. The summed E-state index contributed by atoms with van der Waals surface area (Å²) in [7, 11) is 3.17. The van der Waals surface area contributed by atoms with Gasteiger partial charge in [0.25, 0.3) is 5.91 Å². The van der Waals surface area contributed by atoms with Crippen molar-refractivity contribution in [2.45, 2.75) is 13.0 Å². The molecule has 3 heterocycles. The highest BCUT2D eigenvalue weighted by Gasteiger charge is 2.26. The van der Waals surface area contributed by atoms with Crippen LogP contribution in [0.1, 0.15) is 21.7 Å². The number of hydrogen-bond acceptors (Lipinski definition) is 7. The van der Waals surface area contributed by atoms with Crippen LogP contribution < -0.4 is 20.1 Å². The van der Waals surface area contributed by atoms with Crippen LogP contribution in [0.3, 0.4) is 0 Å². The lowest BCUT2D eigenvalue weighted by atomic mass is 10.0. The summed E-state index contributed by atoms with van der Waals surface area (Å²) in [4.78, 5) is 22.5. The Labute approximate surface area is 149 Å². The van der Waals surface area contributed by atoms with E-state index in [4.69, 9.17) is 15.2 Å². The SMILES string of the molecule is COc1cc2ncnc(N3CCc4[nH]nc(C(N)=O)c4C3)c2cc1OC. The summed E-state index contributed by atoms with van der Waals surface area (Å²) < 4.78 is 10.8. The Morgan fingerprint density at radius 1 is 1.23 bits per heavy atom. The molecule has 2 aromatic heterocycles. The Morgan fingerprint density at radius 2 is 2.00 bits per heavy atom. The number of fused-ring (bicyclic) bond motifs is 2. The number of nitrogens with zero attached hydrogens (tertiary/aromatic N) is 4. The molecule has 1 aliphatic rings. The van der Waals surface area contributed by atoms with E-state index in [0.29, 0.717) is 24.5 Å². The molecule has 0 spiro atoms. The van der Waals surface area contributed by atoms with E-state index in [1.54, 1.807) is 14.2 Å². The third kappa shape index (κ3) is 2.48. The maximum absolute atomic E-state index is 11.6. The van der Waals surface area contributed by atoms with E-state index in [-0.39, 0.29) is 5.69 Å². The quantitative estimate of drug-likeness (QED) is 0.718. The van der Waals surface area contributed by atoms with Gasteiger partial charge in [0.15, 0.2) is 17.2 Å². The number of methoxy groups -OCH3 is 2. The van der Waals surface area contributed by atoms with E-state index in [9.17, 15) is 4.79 Å². The number of anilines is 1. The summed E-state index contributed by atoms with van der Waals surface area (Å²) in [6.07, 6.45) is 2.23. The lowest BCUT2D eigenvalue weighted by molar-refractivity contribution is 0.0994. The van der Waals surface area contributed by atoms with E-state index < -0.39 is 5.91 Å². The number of amides is 1. The zero-order valence-electron chi connectivity index (χ0n) is 14.4. The second kappa shape index (κ2) is 6.17. The second-order valence-electron chi connectivity index (χ2n) is 5.99. The number of carbonyl (C=O) groups is 1. The number of aromatic nitrogens is 4. The fourth-order valence-corrected chi connectivity index (χ4v) is 3.30. The summed E-state index contributed by atoms with van der Waals surface area (Å²) in [6.45, 7) is 1.22. The van der Waals surface area contributed by atoms with Gasteiger partial charge in [-0.25, -0.2) is 9.97 Å². The van der Waals surface area contributed by atoms with Gasteiger partial charge in [-0.2, -0.15) is 5.10 Å². The Balaban J connectivity index is 1.79. The molecule has 134 valence electrons. The predicted molar refractivity (Wildman–Crippen MR) is 94.5 cm³/mol. The fourth-order valence-electron chi connectivity index (χ4n) is 3.30. The maximum atomic E-state index is 11.6. The number of H-pyrrole nitrogens is 1. The minimum atomic E-state index is -0.539. The van der Waals surface area contributed by atoms with Crippen LogP contribution in [0.5, 0.6) is 11.5 Å². The first-order valence-electron chi connectivity index (χ1n) is 8.10. The molecule has 0 atom stereocenters. The Hall–Kier alpha value is -3.36. The zero-order valence-corrected chi connectivity index (χ0v) is 14.4. The van der Waals surface area contributed by atoms with Gasteiger partial charge in [-0.3, -0.25) is 9.89 Å². The van der Waals surface area contributed by atoms with Gasteiger partial charge in [0.2, 0.25) is 0 Å². The number of hydrogen-bond donors (Lipinski definition) is 2. The summed E-state index contributed by atoms with van der Waals surface area (Å²) in [5.41, 5.74) is 8.21. The largest absolute Gasteiger partial charge is 0.493 e. The molecule has 3 N–H and O–H groups in total. The molecule has 9 heteroatoms. The van der Waals surface area contributed by atoms with Gasteiger partial charge < -0.3 is 20.1 Å². The van der Waals surface area contributed by atoms with Crippen LogP contribution in [0.25, 0.3) is 10.9 Å². The molecule has 9 nitrogen and oxygen atoms in total. The normalized spacial score (nSPS) is 13.5. The molecule has 26 heavy (non-hydrogen) atoms. The first-order valence-corrected chi connectivity index (χ1v) is 8.10. The fraction of sp³-hybridized carbons (Fsp3) is 0.294. The number of nitrogens with two attached hydrogens (primary N) is 1. The van der Waals surface area contributed by atoms with E-state index in [1.807, 2.05) is 12.1 Å². The van der Waals surface area contributed by atoms with Crippen molar-refractivity contribution in [2.24, 2.45) is 5.73 Å². The molecular formula is C17H18N6O3. The van der Waals surface area contributed by atoms with E-state index in [1.165, 1.54) is 6.33 Å². The minimum Gasteiger partial charge on any atom is -0.493 e. The topological polar surface area (TPSA) is 119 Å². The first-order chi connectivity index (χ1) is 12.6. The van der Waals surface area contributed by atoms with Crippen molar-refractivity contribution in [3.8, 4) is 11.5 Å². The lowest BCUT2D eigenvalue weighted by Gasteiger charge is -2.28. The third-order valence-electron chi connectivity index (χ3n) is 4.59. The van der Waals surface area contributed by atoms with E-state index in [2.05, 4.69) is 25.1 Å². The molecule has 0 saturated heterocycles. The van der Waals surface area contributed by atoms with Crippen LogP contribution >= 0.6 is 0 Å². The molecule has 1 aromatic carbocycles. The Morgan fingerprint density at radius 3 is 2.73 bits per heavy atom. The number of nitrogens with one attached hydrogen (secondary N) is 1. The molecule has 0 bridgehead atoms. The van der Waals surface area contributed by atoms with Gasteiger partial charge in [-0.05, 0) is 6.07 Å². The number of aromatic amines is 1. The standard InChI is InChI=1S/C17H18N6O3/c1-25-13-5-9-12(6-14(13)26-2)19-8-20-17(9)23-4-3-11-10(7-23)15(16(18)24)22-21-11/h5-6,8H,3-4,7H2,1-2H3,(H2,18,24)(H,21,22). The van der Waals surface area contributed by atoms with Crippen molar-refractivity contribution in [1.29, 1.82) is 0 Å². The average Bonchev–Trinajstić information content (AvgIpc) is 3.09. The molecule has 3 aromatic rings. The highest BCUT2D eigenvalue weighted by Crippen LogP contribution is 2.36. The van der Waals surface area contributed by atoms with Gasteiger partial charge in [0.1, 0.15) is 12.1 Å². The summed E-state index contributed by atoms with van der Waals surface area (Å²) in [5, 5.41) is 7.79. The molecule has 4 rings (SSSR count). The average molecular weight is 354 g/mol. The molecule has 0 aliphatic carbocycles. The highest BCUT2D eigenvalue weighted by atomic mass is 16.5. The number of primary amides is 1. The van der Waals surface area contributed by atoms with Crippen LogP contribution in [-0.2, 0) is 13.0 Å².